The number of fused-ring (bicyclic) bond motifs is 3. The Labute approximate surface area is 134 Å². The van der Waals surface area contributed by atoms with Crippen molar-refractivity contribution in [2.24, 2.45) is 5.92 Å². The molecule has 2 atom stereocenters. The zero-order chi connectivity index (χ0) is 16.7. The second kappa shape index (κ2) is 5.65. The van der Waals surface area contributed by atoms with Crippen LogP contribution in [0, 0.1) is 5.92 Å². The Morgan fingerprint density at radius 2 is 1.87 bits per heavy atom. The van der Waals surface area contributed by atoms with Crippen LogP contribution in [-0.4, -0.2) is 35.2 Å². The minimum absolute atomic E-state index is 0.00968. The van der Waals surface area contributed by atoms with Gasteiger partial charge in [-0.1, -0.05) is 38.5 Å². The van der Waals surface area contributed by atoms with E-state index in [0.717, 1.165) is 6.42 Å². The number of ether oxygens (including phenoxy) is 1. The van der Waals surface area contributed by atoms with Gasteiger partial charge in [-0.15, -0.1) is 0 Å². The molecule has 0 radical (unpaired) electrons. The van der Waals surface area contributed by atoms with Gasteiger partial charge in [-0.2, -0.15) is 0 Å². The van der Waals surface area contributed by atoms with Gasteiger partial charge in [-0.3, -0.25) is 14.5 Å². The summed E-state index contributed by atoms with van der Waals surface area (Å²) in [5.74, 6) is -1.21. The first-order chi connectivity index (χ1) is 11.0. The molecule has 0 aromatic heterocycles. The van der Waals surface area contributed by atoms with Gasteiger partial charge in [-0.25, -0.2) is 4.79 Å². The fourth-order valence-corrected chi connectivity index (χ4v) is 3.28. The number of Topliss-reactive ketones (excluding diaryl/α,β-unsaturated/α-hetero) is 1. The molecular formula is C18H19NO4. The zero-order valence-electron chi connectivity index (χ0n) is 13.5. The van der Waals surface area contributed by atoms with E-state index in [1.165, 1.54) is 4.90 Å². The van der Waals surface area contributed by atoms with Crippen LogP contribution in [0.5, 0.6) is 0 Å². The maximum Gasteiger partial charge on any atom is 0.344 e. The molecule has 0 bridgehead atoms. The highest BCUT2D eigenvalue weighted by molar-refractivity contribution is 6.32. The average molecular weight is 313 g/mol. The summed E-state index contributed by atoms with van der Waals surface area (Å²) in [6.45, 7) is 5.77. The van der Waals surface area contributed by atoms with Gasteiger partial charge in [-0.05, 0) is 18.9 Å². The van der Waals surface area contributed by atoms with Crippen molar-refractivity contribution in [3.8, 4) is 0 Å². The summed E-state index contributed by atoms with van der Waals surface area (Å²) in [5.41, 5.74) is 1.60. The van der Waals surface area contributed by atoms with E-state index in [2.05, 4.69) is 0 Å². The topological polar surface area (TPSA) is 63.7 Å². The molecule has 2 aliphatic rings. The molecule has 0 fully saturated rings. The van der Waals surface area contributed by atoms with E-state index in [1.807, 2.05) is 13.8 Å². The van der Waals surface area contributed by atoms with Crippen molar-refractivity contribution < 1.29 is 19.1 Å². The van der Waals surface area contributed by atoms with Gasteiger partial charge in [0, 0.05) is 11.1 Å². The van der Waals surface area contributed by atoms with Gasteiger partial charge >= 0.3 is 5.97 Å². The van der Waals surface area contributed by atoms with Gasteiger partial charge in [0.05, 0.1) is 12.3 Å². The van der Waals surface area contributed by atoms with Crippen LogP contribution in [0.25, 0.3) is 5.70 Å². The lowest BCUT2D eigenvalue weighted by molar-refractivity contribution is -0.140. The molecule has 0 spiro atoms. The van der Waals surface area contributed by atoms with Crippen molar-refractivity contribution in [3.05, 3.63) is 41.0 Å². The fraction of sp³-hybridized carbons (Fsp3) is 0.389. The Kier molecular flexibility index (Phi) is 3.80. The number of carbonyl (C=O) groups excluding carboxylic acids is 3. The third-order valence-electron chi connectivity index (χ3n) is 4.56. The molecule has 2 aliphatic heterocycles. The molecule has 1 amide bonds. The first-order valence-electron chi connectivity index (χ1n) is 7.91. The Hall–Kier alpha value is -2.43. The van der Waals surface area contributed by atoms with Crippen LogP contribution in [0.15, 0.2) is 29.8 Å². The number of hydrogen-bond acceptors (Lipinski definition) is 4. The summed E-state index contributed by atoms with van der Waals surface area (Å²) in [7, 11) is 0. The first-order valence-corrected chi connectivity index (χ1v) is 7.91. The van der Waals surface area contributed by atoms with Crippen molar-refractivity contribution >= 4 is 23.4 Å². The molecule has 2 unspecified atom stereocenters. The summed E-state index contributed by atoms with van der Waals surface area (Å²) < 4.78 is 5.06. The molecule has 120 valence electrons. The van der Waals surface area contributed by atoms with Crippen LogP contribution in [-0.2, 0) is 14.3 Å². The predicted molar refractivity (Wildman–Crippen MR) is 84.4 cm³/mol. The largest absolute Gasteiger partial charge is 0.462 e. The van der Waals surface area contributed by atoms with E-state index in [9.17, 15) is 14.4 Å². The smallest absolute Gasteiger partial charge is 0.344 e. The van der Waals surface area contributed by atoms with Gasteiger partial charge < -0.3 is 4.74 Å². The highest BCUT2D eigenvalue weighted by Crippen LogP contribution is 2.44. The summed E-state index contributed by atoms with van der Waals surface area (Å²) in [6.07, 6.45) is 0.736. The van der Waals surface area contributed by atoms with Crippen LogP contribution < -0.4 is 0 Å². The number of esters is 1. The first kappa shape index (κ1) is 15.5. The highest BCUT2D eigenvalue weighted by Gasteiger charge is 2.52. The summed E-state index contributed by atoms with van der Waals surface area (Å²) >= 11 is 0. The Balaban J connectivity index is 2.21. The third kappa shape index (κ3) is 2.11. The van der Waals surface area contributed by atoms with Gasteiger partial charge in [0.25, 0.3) is 5.91 Å². The maximum absolute atomic E-state index is 12.8. The van der Waals surface area contributed by atoms with Crippen molar-refractivity contribution in [2.75, 3.05) is 6.61 Å². The molecular weight excluding hydrogens is 294 g/mol. The SMILES string of the molecule is CCOC(=O)C1=C2c3ccccc3C(=O)N2C(C(C)CC)C1=O. The highest BCUT2D eigenvalue weighted by atomic mass is 16.5. The van der Waals surface area contributed by atoms with Crippen LogP contribution in [0.4, 0.5) is 0 Å². The molecule has 0 aliphatic carbocycles. The monoisotopic (exact) mass is 313 g/mol. The number of ketones is 1. The molecule has 2 heterocycles. The maximum atomic E-state index is 12.8. The van der Waals surface area contributed by atoms with E-state index >= 15 is 0 Å². The number of hydrogen-bond donors (Lipinski definition) is 0. The minimum atomic E-state index is -0.646. The molecule has 1 aromatic carbocycles. The summed E-state index contributed by atoms with van der Waals surface area (Å²) in [4.78, 5) is 39.4. The number of amides is 1. The molecule has 3 rings (SSSR count). The molecule has 5 nitrogen and oxygen atoms in total. The lowest BCUT2D eigenvalue weighted by Crippen LogP contribution is -2.41. The standard InChI is InChI=1S/C18H19NO4/c1-4-10(3)14-16(20)13(18(22)23-5-2)15-11-8-6-7-9-12(11)17(21)19(14)15/h6-10,14H,4-5H2,1-3H3. The molecule has 0 saturated heterocycles. The summed E-state index contributed by atoms with van der Waals surface area (Å²) in [6, 6.07) is 6.45. The number of rotatable bonds is 4. The lowest BCUT2D eigenvalue weighted by atomic mass is 9.92. The minimum Gasteiger partial charge on any atom is -0.462 e. The molecule has 23 heavy (non-hydrogen) atoms. The van der Waals surface area contributed by atoms with Crippen LogP contribution in [0.1, 0.15) is 43.1 Å². The second-order valence-corrected chi connectivity index (χ2v) is 5.86. The average Bonchev–Trinajstić information content (AvgIpc) is 3.00. The van der Waals surface area contributed by atoms with E-state index in [0.29, 0.717) is 16.8 Å². The molecule has 1 aromatic rings. The predicted octanol–water partition coefficient (Wildman–Crippen LogP) is 2.41. The van der Waals surface area contributed by atoms with E-state index in [4.69, 9.17) is 4.74 Å². The van der Waals surface area contributed by atoms with Crippen LogP contribution in [0.3, 0.4) is 0 Å². The van der Waals surface area contributed by atoms with Crippen molar-refractivity contribution in [1.29, 1.82) is 0 Å². The van der Waals surface area contributed by atoms with Crippen LogP contribution >= 0.6 is 0 Å². The Bertz CT molecular complexity index is 734. The summed E-state index contributed by atoms with van der Waals surface area (Å²) in [5, 5.41) is 0. The Morgan fingerprint density at radius 3 is 2.48 bits per heavy atom. The molecule has 0 N–H and O–H groups in total. The van der Waals surface area contributed by atoms with Gasteiger partial charge in [0.15, 0.2) is 5.78 Å². The third-order valence-corrected chi connectivity index (χ3v) is 4.56. The van der Waals surface area contributed by atoms with Gasteiger partial charge in [0.2, 0.25) is 0 Å². The number of benzene rings is 1. The fourth-order valence-electron chi connectivity index (χ4n) is 3.28. The van der Waals surface area contributed by atoms with E-state index < -0.39 is 12.0 Å². The molecule has 5 heteroatoms. The number of nitrogens with zero attached hydrogens (tertiary/aromatic N) is 1. The molecule has 0 saturated carbocycles. The van der Waals surface area contributed by atoms with Gasteiger partial charge in [0.1, 0.15) is 11.6 Å². The second-order valence-electron chi connectivity index (χ2n) is 5.86. The zero-order valence-corrected chi connectivity index (χ0v) is 13.5. The van der Waals surface area contributed by atoms with Crippen LogP contribution in [0.2, 0.25) is 0 Å². The Morgan fingerprint density at radius 1 is 1.22 bits per heavy atom. The van der Waals surface area contributed by atoms with E-state index in [-0.39, 0.29) is 29.8 Å². The van der Waals surface area contributed by atoms with Crippen molar-refractivity contribution in [1.82, 2.24) is 4.90 Å². The van der Waals surface area contributed by atoms with Crippen molar-refractivity contribution in [3.63, 3.8) is 0 Å². The van der Waals surface area contributed by atoms with Crippen molar-refractivity contribution in [2.45, 2.75) is 33.2 Å². The quantitative estimate of drug-likeness (QED) is 0.632. The van der Waals surface area contributed by atoms with E-state index in [1.54, 1.807) is 31.2 Å². The number of carbonyl (C=O) groups is 3. The normalized spacial score (nSPS) is 20.7. The lowest BCUT2D eigenvalue weighted by Gasteiger charge is -2.26.